The summed E-state index contributed by atoms with van der Waals surface area (Å²) < 4.78 is 10.8. The molecule has 7 nitrogen and oxygen atoms in total. The lowest BCUT2D eigenvalue weighted by molar-refractivity contribution is -0.122. The van der Waals surface area contributed by atoms with Gasteiger partial charge in [-0.25, -0.2) is 4.90 Å². The number of hydrogen-bond acceptors (Lipinski definition) is 6. The number of fused-ring (bicyclic) bond motifs is 1. The minimum atomic E-state index is -0.891. The van der Waals surface area contributed by atoms with Crippen LogP contribution in [0, 0.1) is 0 Å². The fourth-order valence-electron chi connectivity index (χ4n) is 4.24. The van der Waals surface area contributed by atoms with Crippen LogP contribution >= 0.6 is 11.3 Å². The number of carbonyl (C=O) groups is 3. The normalized spacial score (nSPS) is 17.0. The number of amides is 3. The molecular formula is C26H24N2O5S. The van der Waals surface area contributed by atoms with Crippen molar-refractivity contribution < 1.29 is 23.9 Å². The van der Waals surface area contributed by atoms with Crippen molar-refractivity contribution in [2.24, 2.45) is 0 Å². The largest absolute Gasteiger partial charge is 0.454 e. The molecule has 0 saturated carbocycles. The van der Waals surface area contributed by atoms with Crippen molar-refractivity contribution in [1.82, 2.24) is 4.90 Å². The van der Waals surface area contributed by atoms with Gasteiger partial charge in [-0.3, -0.25) is 14.4 Å². The maximum atomic E-state index is 13.5. The van der Waals surface area contributed by atoms with Gasteiger partial charge in [0.2, 0.25) is 12.7 Å². The van der Waals surface area contributed by atoms with E-state index in [2.05, 4.69) is 13.8 Å². The summed E-state index contributed by atoms with van der Waals surface area (Å²) in [6.07, 6.45) is -0.0631. The van der Waals surface area contributed by atoms with Crippen molar-refractivity contribution >= 4 is 34.7 Å². The molecule has 3 heterocycles. The summed E-state index contributed by atoms with van der Waals surface area (Å²) in [6, 6.07) is 15.5. The molecule has 5 rings (SSSR count). The predicted octanol–water partition coefficient (Wildman–Crippen LogP) is 4.57. The third kappa shape index (κ3) is 4.05. The molecule has 1 unspecified atom stereocenters. The van der Waals surface area contributed by atoms with Crippen molar-refractivity contribution in [2.45, 2.75) is 38.8 Å². The smallest absolute Gasteiger partial charge is 0.264 e. The van der Waals surface area contributed by atoms with Gasteiger partial charge in [-0.05, 0) is 52.8 Å². The van der Waals surface area contributed by atoms with E-state index in [-0.39, 0.29) is 31.6 Å². The van der Waals surface area contributed by atoms with Crippen molar-refractivity contribution in [3.8, 4) is 11.5 Å². The van der Waals surface area contributed by atoms with E-state index in [1.165, 1.54) is 21.1 Å². The first kappa shape index (κ1) is 22.2. The lowest BCUT2D eigenvalue weighted by Gasteiger charge is -2.27. The molecule has 2 aliphatic heterocycles. The van der Waals surface area contributed by atoms with E-state index in [0.717, 1.165) is 11.1 Å². The second-order valence-electron chi connectivity index (χ2n) is 8.63. The summed E-state index contributed by atoms with van der Waals surface area (Å²) in [6.45, 7) is 4.48. The zero-order chi connectivity index (χ0) is 23.8. The summed E-state index contributed by atoms with van der Waals surface area (Å²) in [5.41, 5.74) is 2.43. The number of thiophene rings is 1. The SMILES string of the molecule is CC(C)c1ccc(N2C(=O)CC(N(Cc3ccc4c(c3)OCO4)C(=O)c3cccs3)C2=O)cc1. The van der Waals surface area contributed by atoms with Gasteiger partial charge < -0.3 is 14.4 Å². The molecule has 8 heteroatoms. The van der Waals surface area contributed by atoms with E-state index < -0.39 is 11.9 Å². The third-order valence-corrected chi connectivity index (χ3v) is 6.96. The third-order valence-electron chi connectivity index (χ3n) is 6.10. The van der Waals surface area contributed by atoms with Crippen LogP contribution in [0.1, 0.15) is 47.0 Å². The number of rotatable bonds is 6. The van der Waals surface area contributed by atoms with Crippen LogP contribution in [-0.4, -0.2) is 35.5 Å². The minimum Gasteiger partial charge on any atom is -0.454 e. The molecule has 0 aliphatic carbocycles. The van der Waals surface area contributed by atoms with Gasteiger partial charge in [0.1, 0.15) is 6.04 Å². The Morgan fingerprint density at radius 2 is 1.85 bits per heavy atom. The Morgan fingerprint density at radius 3 is 2.56 bits per heavy atom. The second kappa shape index (κ2) is 8.95. The van der Waals surface area contributed by atoms with E-state index in [0.29, 0.717) is 28.0 Å². The van der Waals surface area contributed by atoms with Crippen molar-refractivity contribution in [3.63, 3.8) is 0 Å². The van der Waals surface area contributed by atoms with Gasteiger partial charge in [-0.15, -0.1) is 11.3 Å². The molecule has 1 fully saturated rings. The zero-order valence-electron chi connectivity index (χ0n) is 18.9. The van der Waals surface area contributed by atoms with Crippen LogP contribution in [0.15, 0.2) is 60.0 Å². The molecule has 1 aromatic heterocycles. The van der Waals surface area contributed by atoms with E-state index in [4.69, 9.17) is 9.47 Å². The van der Waals surface area contributed by atoms with Crippen LogP contribution in [0.3, 0.4) is 0 Å². The summed E-state index contributed by atoms with van der Waals surface area (Å²) in [7, 11) is 0. The first-order valence-electron chi connectivity index (χ1n) is 11.1. The van der Waals surface area contributed by atoms with Gasteiger partial charge in [0.25, 0.3) is 11.8 Å². The molecule has 0 N–H and O–H groups in total. The number of hydrogen-bond donors (Lipinski definition) is 0. The molecule has 2 aliphatic rings. The molecule has 3 amide bonds. The van der Waals surface area contributed by atoms with Crippen LogP contribution in [0.2, 0.25) is 0 Å². The van der Waals surface area contributed by atoms with Gasteiger partial charge in [0.05, 0.1) is 17.0 Å². The Kier molecular flexibility index (Phi) is 5.83. The molecule has 3 aromatic rings. The summed E-state index contributed by atoms with van der Waals surface area (Å²) in [4.78, 5) is 43.1. The summed E-state index contributed by atoms with van der Waals surface area (Å²) >= 11 is 1.31. The molecule has 1 atom stereocenters. The number of anilines is 1. The Morgan fingerprint density at radius 1 is 1.09 bits per heavy atom. The first-order chi connectivity index (χ1) is 16.4. The van der Waals surface area contributed by atoms with Crippen LogP contribution < -0.4 is 14.4 Å². The highest BCUT2D eigenvalue weighted by molar-refractivity contribution is 7.12. The Labute approximate surface area is 201 Å². The first-order valence-corrected chi connectivity index (χ1v) is 12.0. The van der Waals surface area contributed by atoms with Crippen LogP contribution in [0.4, 0.5) is 5.69 Å². The predicted molar refractivity (Wildman–Crippen MR) is 128 cm³/mol. The van der Waals surface area contributed by atoms with Gasteiger partial charge >= 0.3 is 0 Å². The quantitative estimate of drug-likeness (QED) is 0.487. The maximum Gasteiger partial charge on any atom is 0.264 e. The van der Waals surface area contributed by atoms with Crippen molar-refractivity contribution in [2.75, 3.05) is 11.7 Å². The zero-order valence-corrected chi connectivity index (χ0v) is 19.7. The maximum absolute atomic E-state index is 13.5. The molecule has 0 bridgehead atoms. The van der Waals surface area contributed by atoms with Gasteiger partial charge in [-0.2, -0.15) is 0 Å². The molecule has 0 radical (unpaired) electrons. The van der Waals surface area contributed by atoms with Gasteiger partial charge in [0, 0.05) is 6.54 Å². The minimum absolute atomic E-state index is 0.0631. The highest BCUT2D eigenvalue weighted by Crippen LogP contribution is 2.34. The fraction of sp³-hybridized carbons (Fsp3) is 0.269. The molecular weight excluding hydrogens is 452 g/mol. The topological polar surface area (TPSA) is 76.2 Å². The Bertz CT molecular complexity index is 1240. The monoisotopic (exact) mass is 476 g/mol. The van der Waals surface area contributed by atoms with Crippen LogP contribution in [-0.2, 0) is 16.1 Å². The van der Waals surface area contributed by atoms with Gasteiger partial charge in [0.15, 0.2) is 11.5 Å². The molecule has 174 valence electrons. The number of imide groups is 1. The second-order valence-corrected chi connectivity index (χ2v) is 9.58. The fourth-order valence-corrected chi connectivity index (χ4v) is 4.92. The number of benzene rings is 2. The number of ether oxygens (including phenoxy) is 2. The Hall–Kier alpha value is -3.65. The summed E-state index contributed by atoms with van der Waals surface area (Å²) in [5.74, 6) is 0.586. The highest BCUT2D eigenvalue weighted by Gasteiger charge is 2.44. The highest BCUT2D eigenvalue weighted by atomic mass is 32.1. The van der Waals surface area contributed by atoms with Crippen molar-refractivity contribution in [1.29, 1.82) is 0 Å². The Balaban J connectivity index is 1.45. The lowest BCUT2D eigenvalue weighted by Crippen LogP contribution is -2.44. The molecule has 2 aromatic carbocycles. The van der Waals surface area contributed by atoms with Gasteiger partial charge in [-0.1, -0.05) is 38.1 Å². The lowest BCUT2D eigenvalue weighted by atomic mass is 10.0. The van der Waals surface area contributed by atoms with E-state index in [1.54, 1.807) is 36.4 Å². The number of carbonyl (C=O) groups excluding carboxylic acids is 3. The van der Waals surface area contributed by atoms with Crippen molar-refractivity contribution in [3.05, 3.63) is 76.0 Å². The average molecular weight is 477 g/mol. The average Bonchev–Trinajstić information content (AvgIpc) is 3.58. The summed E-state index contributed by atoms with van der Waals surface area (Å²) in [5, 5.41) is 1.82. The molecule has 34 heavy (non-hydrogen) atoms. The standard InChI is InChI=1S/C26H24N2O5S/c1-16(2)18-6-8-19(9-7-18)28-24(29)13-20(25(28)30)27(26(31)23-4-3-11-34-23)14-17-5-10-21-22(12-17)33-15-32-21/h3-12,16,20H,13-15H2,1-2H3. The molecule has 1 saturated heterocycles. The van der Waals surface area contributed by atoms with Crippen LogP contribution in [0.5, 0.6) is 11.5 Å². The van der Waals surface area contributed by atoms with E-state index in [1.807, 2.05) is 23.6 Å². The van der Waals surface area contributed by atoms with Crippen LogP contribution in [0.25, 0.3) is 0 Å². The molecule has 0 spiro atoms. The van der Waals surface area contributed by atoms with E-state index >= 15 is 0 Å². The number of nitrogens with zero attached hydrogens (tertiary/aromatic N) is 2. The van der Waals surface area contributed by atoms with E-state index in [9.17, 15) is 14.4 Å².